The third kappa shape index (κ3) is 5.23. The van der Waals surface area contributed by atoms with Crippen LogP contribution in [0.3, 0.4) is 0 Å². The molecule has 9 nitrogen and oxygen atoms in total. The maximum Gasteiger partial charge on any atom is 0.530 e. The Bertz CT molecular complexity index is 821. The van der Waals surface area contributed by atoms with Crippen LogP contribution in [0.4, 0.5) is 0 Å². The molecule has 156 valence electrons. The molecule has 2 aliphatic rings. The van der Waals surface area contributed by atoms with Crippen molar-refractivity contribution in [1.82, 2.24) is 0 Å². The highest BCUT2D eigenvalue weighted by Gasteiger charge is 2.42. The van der Waals surface area contributed by atoms with E-state index in [0.29, 0.717) is 6.29 Å². The molecule has 1 aromatic rings. The summed E-state index contributed by atoms with van der Waals surface area (Å²) in [5.74, 6) is -0.194. The van der Waals surface area contributed by atoms with Crippen molar-refractivity contribution in [3.8, 4) is 11.5 Å². The van der Waals surface area contributed by atoms with Crippen LogP contribution in [0.2, 0.25) is 0 Å². The molecular weight excluding hydrogens is 410 g/mol. The van der Waals surface area contributed by atoms with Gasteiger partial charge in [-0.05, 0) is 18.2 Å². The number of benzene rings is 1. The van der Waals surface area contributed by atoms with Gasteiger partial charge in [-0.15, -0.1) is 0 Å². The molecule has 0 atom stereocenters. The molecule has 2 saturated heterocycles. The predicted octanol–water partition coefficient (Wildman–Crippen LogP) is 4.62. The van der Waals surface area contributed by atoms with Crippen LogP contribution >= 0.6 is 15.6 Å². The van der Waals surface area contributed by atoms with Gasteiger partial charge in [0.05, 0.1) is 26.4 Å². The van der Waals surface area contributed by atoms with Gasteiger partial charge in [-0.25, -0.2) is 9.13 Å². The summed E-state index contributed by atoms with van der Waals surface area (Å²) in [5, 5.41) is 0. The van der Waals surface area contributed by atoms with Gasteiger partial charge in [0, 0.05) is 16.4 Å². The maximum atomic E-state index is 12.8. The largest absolute Gasteiger partial charge is 0.530 e. The van der Waals surface area contributed by atoms with Crippen molar-refractivity contribution in [2.24, 2.45) is 10.8 Å². The molecule has 3 rings (SSSR count). The number of hydrogen-bond donors (Lipinski definition) is 0. The fourth-order valence-corrected chi connectivity index (χ4v) is 5.43. The highest BCUT2D eigenvalue weighted by molar-refractivity contribution is 7.49. The molecule has 0 aromatic heterocycles. The van der Waals surface area contributed by atoms with E-state index in [0.717, 1.165) is 0 Å². The summed E-state index contributed by atoms with van der Waals surface area (Å²) >= 11 is 0. The van der Waals surface area contributed by atoms with Crippen molar-refractivity contribution < 1.29 is 41.1 Å². The molecule has 0 saturated carbocycles. The lowest BCUT2D eigenvalue weighted by molar-refractivity contribution is 0.0145. The van der Waals surface area contributed by atoms with E-state index < -0.39 is 15.6 Å². The van der Waals surface area contributed by atoms with Crippen LogP contribution in [0, 0.1) is 10.8 Å². The normalized spacial score (nSPS) is 24.9. The quantitative estimate of drug-likeness (QED) is 0.485. The molecule has 1 aromatic carbocycles. The Morgan fingerprint density at radius 2 is 1.25 bits per heavy atom. The van der Waals surface area contributed by atoms with E-state index in [2.05, 4.69) is 0 Å². The van der Waals surface area contributed by atoms with Crippen LogP contribution < -0.4 is 9.05 Å². The Hall–Kier alpha value is -1.21. The first kappa shape index (κ1) is 21.5. The van der Waals surface area contributed by atoms with Crippen LogP contribution in [-0.4, -0.2) is 32.7 Å². The molecule has 0 aliphatic carbocycles. The first-order valence-corrected chi connectivity index (χ1v) is 11.6. The Morgan fingerprint density at radius 1 is 0.821 bits per heavy atom. The minimum absolute atomic E-state index is 0.0686. The molecule has 2 heterocycles. The molecule has 0 radical (unpaired) electrons. The Morgan fingerprint density at radius 3 is 1.68 bits per heavy atom. The summed E-state index contributed by atoms with van der Waals surface area (Å²) in [6.45, 7) is 8.25. The highest BCUT2D eigenvalue weighted by atomic mass is 31.2. The number of carbonyl (C=O) groups excluding carboxylic acids is 1. The van der Waals surface area contributed by atoms with E-state index in [1.54, 1.807) is 0 Å². The summed E-state index contributed by atoms with van der Waals surface area (Å²) in [4.78, 5) is 11.1. The van der Waals surface area contributed by atoms with Crippen molar-refractivity contribution in [1.29, 1.82) is 0 Å². The Balaban J connectivity index is 1.82. The van der Waals surface area contributed by atoms with E-state index in [4.69, 9.17) is 27.1 Å². The van der Waals surface area contributed by atoms with Crippen LogP contribution in [-0.2, 0) is 27.2 Å². The number of carbonyl (C=O) groups is 1. The Kier molecular flexibility index (Phi) is 5.80. The van der Waals surface area contributed by atoms with Gasteiger partial charge >= 0.3 is 15.6 Å². The second kappa shape index (κ2) is 7.56. The number of hydrogen-bond acceptors (Lipinski definition) is 9. The molecular formula is C17H24O9P2. The summed E-state index contributed by atoms with van der Waals surface area (Å²) in [6, 6.07) is 4.07. The van der Waals surface area contributed by atoms with Crippen LogP contribution in [0.15, 0.2) is 18.2 Å². The summed E-state index contributed by atoms with van der Waals surface area (Å²) in [5.41, 5.74) is -0.391. The van der Waals surface area contributed by atoms with Crippen molar-refractivity contribution in [3.63, 3.8) is 0 Å². The average molecular weight is 434 g/mol. The van der Waals surface area contributed by atoms with E-state index >= 15 is 0 Å². The molecule has 0 N–H and O–H groups in total. The fourth-order valence-electron chi connectivity index (χ4n) is 2.26. The predicted molar refractivity (Wildman–Crippen MR) is 99.7 cm³/mol. The van der Waals surface area contributed by atoms with Gasteiger partial charge < -0.3 is 9.05 Å². The molecule has 0 bridgehead atoms. The minimum Gasteiger partial charge on any atom is -0.400 e. The molecule has 2 aliphatic heterocycles. The van der Waals surface area contributed by atoms with Gasteiger partial charge in [0.2, 0.25) is 0 Å². The molecule has 0 amide bonds. The zero-order chi connectivity index (χ0) is 20.6. The monoisotopic (exact) mass is 434 g/mol. The van der Waals surface area contributed by atoms with E-state index in [1.165, 1.54) is 18.2 Å². The second-order valence-electron chi connectivity index (χ2n) is 8.32. The van der Waals surface area contributed by atoms with Gasteiger partial charge in [0.15, 0.2) is 11.5 Å². The Labute approximate surface area is 163 Å². The van der Waals surface area contributed by atoms with Gasteiger partial charge in [-0.2, -0.15) is 0 Å². The summed E-state index contributed by atoms with van der Waals surface area (Å²) in [6.07, 6.45) is 0.580. The zero-order valence-corrected chi connectivity index (χ0v) is 18.0. The molecule has 28 heavy (non-hydrogen) atoms. The first-order chi connectivity index (χ1) is 12.9. The number of aldehydes is 1. The summed E-state index contributed by atoms with van der Waals surface area (Å²) < 4.78 is 57.5. The van der Waals surface area contributed by atoms with E-state index in [1.807, 2.05) is 27.7 Å². The lowest BCUT2D eigenvalue weighted by atomic mass is 9.97. The second-order valence-corrected chi connectivity index (χ2v) is 11.5. The number of phosphoric ester groups is 2. The minimum atomic E-state index is -3.94. The lowest BCUT2D eigenvalue weighted by Gasteiger charge is -2.34. The topological polar surface area (TPSA) is 107 Å². The van der Waals surface area contributed by atoms with E-state index in [9.17, 15) is 13.9 Å². The number of rotatable bonds is 5. The van der Waals surface area contributed by atoms with Gasteiger partial charge in [0.1, 0.15) is 6.29 Å². The SMILES string of the molecule is CC1(C)COP(=O)(Oc2ccc(C=O)cc2OP2(=O)OCC(C)(C)CO2)OC1. The number of phosphoric acid groups is 2. The van der Waals surface area contributed by atoms with Gasteiger partial charge in [-0.3, -0.25) is 22.9 Å². The zero-order valence-electron chi connectivity index (χ0n) is 16.2. The third-order valence-electron chi connectivity index (χ3n) is 3.98. The summed E-state index contributed by atoms with van der Waals surface area (Å²) in [7, 11) is -7.84. The highest BCUT2D eigenvalue weighted by Crippen LogP contribution is 2.59. The fraction of sp³-hybridized carbons (Fsp3) is 0.588. The van der Waals surface area contributed by atoms with E-state index in [-0.39, 0.29) is 54.3 Å². The third-order valence-corrected chi connectivity index (χ3v) is 6.60. The molecule has 0 spiro atoms. The van der Waals surface area contributed by atoms with Gasteiger partial charge in [-0.1, -0.05) is 27.7 Å². The molecule has 2 fully saturated rings. The van der Waals surface area contributed by atoms with Crippen molar-refractivity contribution in [2.75, 3.05) is 26.4 Å². The smallest absolute Gasteiger partial charge is 0.400 e. The van der Waals surface area contributed by atoms with Crippen molar-refractivity contribution in [2.45, 2.75) is 27.7 Å². The standard InChI is InChI=1S/C17H24O9P2/c1-16(2)9-21-27(19,22-10-16)25-14-6-5-13(8-18)7-15(14)26-28(20)23-11-17(3,4)12-24-28/h5-8H,9-12H2,1-4H3. The van der Waals surface area contributed by atoms with Crippen LogP contribution in [0.5, 0.6) is 11.5 Å². The first-order valence-electron chi connectivity index (χ1n) is 8.70. The van der Waals surface area contributed by atoms with Crippen molar-refractivity contribution >= 4 is 21.9 Å². The van der Waals surface area contributed by atoms with Crippen LogP contribution in [0.25, 0.3) is 0 Å². The maximum absolute atomic E-state index is 12.8. The molecule has 0 unspecified atom stereocenters. The van der Waals surface area contributed by atoms with Crippen LogP contribution in [0.1, 0.15) is 38.1 Å². The lowest BCUT2D eigenvalue weighted by Crippen LogP contribution is -2.30. The van der Waals surface area contributed by atoms with Crippen molar-refractivity contribution in [3.05, 3.63) is 23.8 Å². The average Bonchev–Trinajstić information content (AvgIpc) is 2.63. The molecule has 11 heteroatoms. The van der Waals surface area contributed by atoms with Gasteiger partial charge in [0.25, 0.3) is 0 Å².